The van der Waals surface area contributed by atoms with E-state index in [1.54, 1.807) is 23.3 Å². The van der Waals surface area contributed by atoms with Crippen molar-refractivity contribution in [2.24, 2.45) is 4.40 Å². The van der Waals surface area contributed by atoms with Gasteiger partial charge >= 0.3 is 0 Å². The summed E-state index contributed by atoms with van der Waals surface area (Å²) in [5, 5.41) is 2.91. The molecule has 0 unspecified atom stereocenters. The molecule has 1 aromatic carbocycles. The van der Waals surface area contributed by atoms with E-state index in [4.69, 9.17) is 4.74 Å². The van der Waals surface area contributed by atoms with Crippen molar-refractivity contribution in [1.29, 1.82) is 0 Å². The second-order valence-corrected chi connectivity index (χ2v) is 8.99. The Kier molecular flexibility index (Phi) is 5.79. The lowest BCUT2D eigenvalue weighted by molar-refractivity contribution is -0.117. The molecule has 1 amide bonds. The minimum Gasteiger partial charge on any atom is -0.379 e. The Balaban J connectivity index is 1.31. The molecule has 0 aliphatic carbocycles. The van der Waals surface area contributed by atoms with Gasteiger partial charge in [0, 0.05) is 38.9 Å². The van der Waals surface area contributed by atoms with Crippen LogP contribution in [0.15, 0.2) is 52.6 Å². The maximum atomic E-state index is 12.5. The maximum absolute atomic E-state index is 12.5. The number of carbonyl (C=O) groups is 1. The Morgan fingerprint density at radius 2 is 1.79 bits per heavy atom. The molecule has 0 saturated carbocycles. The zero-order valence-electron chi connectivity index (χ0n) is 16.1. The van der Waals surface area contributed by atoms with E-state index in [0.29, 0.717) is 24.5 Å². The molecule has 1 saturated heterocycles. The number of hydrogen-bond donors (Lipinski definition) is 1. The van der Waals surface area contributed by atoms with Crippen molar-refractivity contribution >= 4 is 21.8 Å². The van der Waals surface area contributed by atoms with Crippen LogP contribution in [0.5, 0.6) is 0 Å². The monoisotopic (exact) mass is 416 g/mol. The SMILES string of the molecule is O=C(NCc1ccc(CN2CCOCC2)cc1)C1=CN2CCS(=O)(=O)N=C2C=C1. The summed E-state index contributed by atoms with van der Waals surface area (Å²) in [4.78, 5) is 16.5. The standard InChI is InChI=1S/C20H24N4O4S/c25-20(18-5-6-19-22-29(26,27)12-9-24(19)15-18)21-13-16-1-3-17(4-2-16)14-23-7-10-28-11-8-23/h1-6,15H,7-14H2,(H,21,25). The van der Waals surface area contributed by atoms with Gasteiger partial charge in [-0.25, -0.2) is 8.42 Å². The topological polar surface area (TPSA) is 91.3 Å². The number of amides is 1. The Morgan fingerprint density at radius 1 is 1.07 bits per heavy atom. The molecule has 0 spiro atoms. The highest BCUT2D eigenvalue weighted by Crippen LogP contribution is 2.16. The molecule has 0 bridgehead atoms. The maximum Gasteiger partial charge on any atom is 0.256 e. The molecule has 29 heavy (non-hydrogen) atoms. The number of carbonyl (C=O) groups excluding carboxylic acids is 1. The van der Waals surface area contributed by atoms with Gasteiger partial charge in [0.1, 0.15) is 5.84 Å². The third-order valence-electron chi connectivity index (χ3n) is 5.07. The fourth-order valence-corrected chi connectivity index (χ4v) is 4.37. The number of fused-ring (bicyclic) bond motifs is 1. The first-order valence-electron chi connectivity index (χ1n) is 9.64. The fraction of sp³-hybridized carbons (Fsp3) is 0.400. The molecule has 0 aromatic heterocycles. The van der Waals surface area contributed by atoms with Crippen LogP contribution in [0.4, 0.5) is 0 Å². The Morgan fingerprint density at radius 3 is 2.55 bits per heavy atom. The predicted octanol–water partition coefficient (Wildman–Crippen LogP) is 0.633. The van der Waals surface area contributed by atoms with E-state index >= 15 is 0 Å². The van der Waals surface area contributed by atoms with Gasteiger partial charge in [0.15, 0.2) is 0 Å². The van der Waals surface area contributed by atoms with Gasteiger partial charge in [0.05, 0.1) is 24.5 Å². The number of sulfonamides is 1. The van der Waals surface area contributed by atoms with E-state index in [-0.39, 0.29) is 11.7 Å². The molecular formula is C20H24N4O4S. The van der Waals surface area contributed by atoms with Gasteiger partial charge in [-0.1, -0.05) is 24.3 Å². The average Bonchev–Trinajstić information content (AvgIpc) is 2.73. The largest absolute Gasteiger partial charge is 0.379 e. The number of morpholine rings is 1. The first-order chi connectivity index (χ1) is 14.0. The zero-order valence-corrected chi connectivity index (χ0v) is 16.9. The molecular weight excluding hydrogens is 392 g/mol. The van der Waals surface area contributed by atoms with Crippen LogP contribution >= 0.6 is 0 Å². The molecule has 1 aromatic rings. The van der Waals surface area contributed by atoms with Crippen LogP contribution in [0.1, 0.15) is 11.1 Å². The Hall–Kier alpha value is -2.49. The van der Waals surface area contributed by atoms with Crippen LogP contribution in [-0.4, -0.2) is 68.6 Å². The van der Waals surface area contributed by atoms with Crippen LogP contribution in [0.25, 0.3) is 0 Å². The van der Waals surface area contributed by atoms with Crippen molar-refractivity contribution in [3.8, 4) is 0 Å². The Bertz CT molecular complexity index is 961. The van der Waals surface area contributed by atoms with Crippen molar-refractivity contribution in [2.45, 2.75) is 13.1 Å². The van der Waals surface area contributed by atoms with Crippen LogP contribution < -0.4 is 5.32 Å². The van der Waals surface area contributed by atoms with Crippen molar-refractivity contribution < 1.29 is 17.9 Å². The first kappa shape index (κ1) is 19.8. The molecule has 0 atom stereocenters. The quantitative estimate of drug-likeness (QED) is 0.757. The average molecular weight is 417 g/mol. The summed E-state index contributed by atoms with van der Waals surface area (Å²) in [5.74, 6) is 0.0989. The van der Waals surface area contributed by atoms with Crippen LogP contribution in [0, 0.1) is 0 Å². The lowest BCUT2D eigenvalue weighted by Crippen LogP contribution is -2.38. The highest BCUT2D eigenvalue weighted by molar-refractivity contribution is 7.90. The number of rotatable bonds is 5. The molecule has 4 rings (SSSR count). The minimum atomic E-state index is -3.39. The summed E-state index contributed by atoms with van der Waals surface area (Å²) in [6.07, 6.45) is 4.80. The van der Waals surface area contributed by atoms with Gasteiger partial charge < -0.3 is 15.0 Å². The van der Waals surface area contributed by atoms with E-state index < -0.39 is 10.0 Å². The highest BCUT2D eigenvalue weighted by atomic mass is 32.2. The van der Waals surface area contributed by atoms with E-state index in [1.165, 1.54) is 5.56 Å². The summed E-state index contributed by atoms with van der Waals surface area (Å²) in [7, 11) is -3.39. The molecule has 8 nitrogen and oxygen atoms in total. The fourth-order valence-electron chi connectivity index (χ4n) is 3.40. The van der Waals surface area contributed by atoms with Crippen LogP contribution in [0.2, 0.25) is 0 Å². The molecule has 3 heterocycles. The van der Waals surface area contributed by atoms with Crippen LogP contribution in [-0.2, 0) is 32.6 Å². The summed E-state index contributed by atoms with van der Waals surface area (Å²) < 4.78 is 32.2. The van der Waals surface area contributed by atoms with E-state index in [2.05, 4.69) is 26.7 Å². The first-order valence-corrected chi connectivity index (χ1v) is 11.2. The van der Waals surface area contributed by atoms with E-state index in [9.17, 15) is 13.2 Å². The van der Waals surface area contributed by atoms with E-state index in [1.807, 2.05) is 12.1 Å². The number of ether oxygens (including phenoxy) is 1. The van der Waals surface area contributed by atoms with Crippen molar-refractivity contribution in [1.82, 2.24) is 15.1 Å². The lowest BCUT2D eigenvalue weighted by Gasteiger charge is -2.27. The molecule has 3 aliphatic rings. The van der Waals surface area contributed by atoms with Gasteiger partial charge in [-0.15, -0.1) is 4.40 Å². The van der Waals surface area contributed by atoms with E-state index in [0.717, 1.165) is 38.4 Å². The summed E-state index contributed by atoms with van der Waals surface area (Å²) in [6.45, 7) is 5.11. The summed E-state index contributed by atoms with van der Waals surface area (Å²) in [5.41, 5.74) is 2.75. The van der Waals surface area contributed by atoms with Gasteiger partial charge in [-0.3, -0.25) is 9.69 Å². The number of amidine groups is 1. The van der Waals surface area contributed by atoms with Crippen LogP contribution in [0.3, 0.4) is 0 Å². The molecule has 0 radical (unpaired) electrons. The second-order valence-electron chi connectivity index (χ2n) is 7.23. The van der Waals surface area contributed by atoms with Gasteiger partial charge in [-0.2, -0.15) is 0 Å². The third kappa shape index (κ3) is 5.11. The minimum absolute atomic E-state index is 0.0491. The third-order valence-corrected chi connectivity index (χ3v) is 6.24. The molecule has 1 fully saturated rings. The predicted molar refractivity (Wildman–Crippen MR) is 110 cm³/mol. The molecule has 3 aliphatic heterocycles. The summed E-state index contributed by atoms with van der Waals surface area (Å²) in [6, 6.07) is 8.24. The lowest BCUT2D eigenvalue weighted by atomic mass is 10.1. The van der Waals surface area contributed by atoms with Crippen molar-refractivity contribution in [2.75, 3.05) is 38.6 Å². The highest BCUT2D eigenvalue weighted by Gasteiger charge is 2.24. The van der Waals surface area contributed by atoms with Gasteiger partial charge in [-0.05, 0) is 23.3 Å². The van der Waals surface area contributed by atoms with Crippen molar-refractivity contribution in [3.05, 3.63) is 59.3 Å². The smallest absolute Gasteiger partial charge is 0.256 e. The normalized spacial score (nSPS) is 21.2. The van der Waals surface area contributed by atoms with Crippen molar-refractivity contribution in [3.63, 3.8) is 0 Å². The number of benzene rings is 1. The van der Waals surface area contributed by atoms with Gasteiger partial charge in [0.25, 0.3) is 15.9 Å². The van der Waals surface area contributed by atoms with Gasteiger partial charge in [0.2, 0.25) is 0 Å². The second kappa shape index (κ2) is 8.48. The molecule has 154 valence electrons. The molecule has 1 N–H and O–H groups in total. The zero-order chi connectivity index (χ0) is 20.3. The Labute approximate surface area is 170 Å². The number of nitrogens with zero attached hydrogens (tertiary/aromatic N) is 3. The molecule has 9 heteroatoms. The number of hydrogen-bond acceptors (Lipinski definition) is 6. The summed E-state index contributed by atoms with van der Waals surface area (Å²) >= 11 is 0. The number of nitrogens with one attached hydrogen (secondary N) is 1.